The summed E-state index contributed by atoms with van der Waals surface area (Å²) >= 11 is 0. The highest BCUT2D eigenvalue weighted by Gasteiger charge is 2.32. The van der Waals surface area contributed by atoms with Crippen molar-refractivity contribution < 1.29 is 4.79 Å². The zero-order chi connectivity index (χ0) is 22.8. The highest BCUT2D eigenvalue weighted by atomic mass is 16.2. The zero-order valence-corrected chi connectivity index (χ0v) is 18.6. The van der Waals surface area contributed by atoms with Crippen LogP contribution in [0.2, 0.25) is 0 Å². The molecule has 1 N–H and O–H groups in total. The average molecular weight is 439 g/mol. The van der Waals surface area contributed by atoms with Crippen LogP contribution in [0.1, 0.15) is 30.9 Å². The van der Waals surface area contributed by atoms with Crippen LogP contribution >= 0.6 is 0 Å². The first kappa shape index (κ1) is 21.0. The summed E-state index contributed by atoms with van der Waals surface area (Å²) < 4.78 is 2.20. The van der Waals surface area contributed by atoms with E-state index in [1.807, 2.05) is 47.9 Å². The monoisotopic (exact) mass is 438 g/mol. The highest BCUT2D eigenvalue weighted by molar-refractivity contribution is 5.82. The molecule has 0 saturated carbocycles. The Balaban J connectivity index is 1.21. The second-order valence-corrected chi connectivity index (χ2v) is 8.89. The minimum atomic E-state index is 0.203. The SMILES string of the molecule is CC1CC(Cn2cnc3cc(-c4cn[nH]c4)ccc32)CN1C(=O)CCc1ccc(C#N)cc1. The molecule has 5 rings (SSSR count). The summed E-state index contributed by atoms with van der Waals surface area (Å²) in [5.74, 6) is 0.611. The van der Waals surface area contributed by atoms with Gasteiger partial charge in [0.2, 0.25) is 5.91 Å². The van der Waals surface area contributed by atoms with Gasteiger partial charge in [0.15, 0.2) is 0 Å². The summed E-state index contributed by atoms with van der Waals surface area (Å²) in [6.45, 7) is 3.77. The fourth-order valence-electron chi connectivity index (χ4n) is 4.84. The molecule has 166 valence electrons. The molecule has 2 aromatic carbocycles. The number of nitrogens with zero attached hydrogens (tertiary/aromatic N) is 5. The van der Waals surface area contributed by atoms with Crippen LogP contribution in [0.5, 0.6) is 0 Å². The number of rotatable bonds is 6. The number of hydrogen-bond acceptors (Lipinski definition) is 4. The number of aromatic amines is 1. The Morgan fingerprint density at radius 2 is 2.06 bits per heavy atom. The van der Waals surface area contributed by atoms with Gasteiger partial charge in [-0.1, -0.05) is 18.2 Å². The fraction of sp³-hybridized carbons (Fsp3) is 0.308. The lowest BCUT2D eigenvalue weighted by atomic mass is 10.1. The molecule has 2 unspecified atom stereocenters. The lowest BCUT2D eigenvalue weighted by Gasteiger charge is -2.21. The first-order valence-corrected chi connectivity index (χ1v) is 11.3. The summed E-state index contributed by atoms with van der Waals surface area (Å²) in [5, 5.41) is 15.8. The van der Waals surface area contributed by atoms with Crippen molar-refractivity contribution in [2.75, 3.05) is 6.54 Å². The van der Waals surface area contributed by atoms with Gasteiger partial charge in [-0.05, 0) is 61.1 Å². The molecule has 1 fully saturated rings. The zero-order valence-electron chi connectivity index (χ0n) is 18.6. The summed E-state index contributed by atoms with van der Waals surface area (Å²) in [4.78, 5) is 19.6. The van der Waals surface area contributed by atoms with Crippen LogP contribution in [0.3, 0.4) is 0 Å². The van der Waals surface area contributed by atoms with Gasteiger partial charge in [-0.2, -0.15) is 10.4 Å². The van der Waals surface area contributed by atoms with Crippen molar-refractivity contribution >= 4 is 16.9 Å². The topological polar surface area (TPSA) is 90.6 Å². The van der Waals surface area contributed by atoms with Crippen molar-refractivity contribution in [2.24, 2.45) is 5.92 Å². The second-order valence-electron chi connectivity index (χ2n) is 8.89. The van der Waals surface area contributed by atoms with E-state index in [4.69, 9.17) is 5.26 Å². The Morgan fingerprint density at radius 3 is 2.82 bits per heavy atom. The molecule has 1 aliphatic heterocycles. The van der Waals surface area contributed by atoms with Crippen molar-refractivity contribution in [3.8, 4) is 17.2 Å². The van der Waals surface area contributed by atoms with Crippen LogP contribution < -0.4 is 0 Å². The average Bonchev–Trinajstić information content (AvgIpc) is 3.58. The van der Waals surface area contributed by atoms with Crippen LogP contribution in [0.25, 0.3) is 22.2 Å². The number of aromatic nitrogens is 4. The summed E-state index contributed by atoms with van der Waals surface area (Å²) in [5.41, 5.74) is 5.95. The van der Waals surface area contributed by atoms with Crippen molar-refractivity contribution in [1.82, 2.24) is 24.6 Å². The molecule has 7 heteroatoms. The van der Waals surface area contributed by atoms with Gasteiger partial charge in [-0.25, -0.2) is 4.98 Å². The Hall–Kier alpha value is -3.92. The van der Waals surface area contributed by atoms with E-state index in [2.05, 4.69) is 50.9 Å². The predicted molar refractivity (Wildman–Crippen MR) is 126 cm³/mol. The number of imidazole rings is 1. The maximum absolute atomic E-state index is 12.9. The number of fused-ring (bicyclic) bond motifs is 1. The number of H-pyrrole nitrogens is 1. The lowest BCUT2D eigenvalue weighted by Crippen LogP contribution is -2.34. The number of likely N-dealkylation sites (tertiary alicyclic amines) is 1. The number of aryl methyl sites for hydroxylation is 1. The number of carbonyl (C=O) groups is 1. The smallest absolute Gasteiger partial charge is 0.223 e. The molecule has 33 heavy (non-hydrogen) atoms. The molecular formula is C26H26N6O. The van der Waals surface area contributed by atoms with Gasteiger partial charge in [0.1, 0.15) is 0 Å². The third-order valence-electron chi connectivity index (χ3n) is 6.60. The molecule has 0 spiro atoms. The van der Waals surface area contributed by atoms with E-state index in [0.717, 1.165) is 47.2 Å². The number of carbonyl (C=O) groups excluding carboxylic acids is 1. The number of hydrogen-bond donors (Lipinski definition) is 1. The minimum absolute atomic E-state index is 0.203. The Kier molecular flexibility index (Phi) is 5.66. The first-order valence-electron chi connectivity index (χ1n) is 11.3. The van der Waals surface area contributed by atoms with E-state index in [1.54, 1.807) is 0 Å². The van der Waals surface area contributed by atoms with Crippen LogP contribution in [0, 0.1) is 17.2 Å². The molecule has 0 radical (unpaired) electrons. The third kappa shape index (κ3) is 4.37. The van der Waals surface area contributed by atoms with Gasteiger partial charge in [0.05, 0.1) is 35.2 Å². The van der Waals surface area contributed by atoms with Gasteiger partial charge in [0.25, 0.3) is 0 Å². The summed E-state index contributed by atoms with van der Waals surface area (Å²) in [6, 6.07) is 16.2. The molecule has 1 saturated heterocycles. The summed E-state index contributed by atoms with van der Waals surface area (Å²) in [7, 11) is 0. The Bertz CT molecular complexity index is 1300. The predicted octanol–water partition coefficient (Wildman–Crippen LogP) is 4.17. The van der Waals surface area contributed by atoms with Crippen molar-refractivity contribution in [3.63, 3.8) is 0 Å². The van der Waals surface area contributed by atoms with Crippen LogP contribution in [-0.4, -0.2) is 43.1 Å². The molecule has 1 amide bonds. The van der Waals surface area contributed by atoms with Gasteiger partial charge in [-0.15, -0.1) is 0 Å². The van der Waals surface area contributed by atoms with E-state index in [1.165, 1.54) is 0 Å². The van der Waals surface area contributed by atoms with E-state index >= 15 is 0 Å². The van der Waals surface area contributed by atoms with E-state index in [-0.39, 0.29) is 11.9 Å². The number of benzene rings is 2. The molecule has 0 aliphatic carbocycles. The molecule has 1 aliphatic rings. The third-order valence-corrected chi connectivity index (χ3v) is 6.60. The minimum Gasteiger partial charge on any atom is -0.340 e. The van der Waals surface area contributed by atoms with Crippen molar-refractivity contribution in [1.29, 1.82) is 5.26 Å². The number of nitrogens with one attached hydrogen (secondary N) is 1. The van der Waals surface area contributed by atoms with Crippen molar-refractivity contribution in [2.45, 2.75) is 38.8 Å². The van der Waals surface area contributed by atoms with E-state index in [9.17, 15) is 4.79 Å². The molecule has 7 nitrogen and oxygen atoms in total. The number of nitriles is 1. The maximum Gasteiger partial charge on any atom is 0.223 e. The largest absolute Gasteiger partial charge is 0.340 e. The standard InChI is InChI=1S/C26H26N6O/c1-18-10-21(16-32(18)26(33)9-6-19-2-4-20(12-27)5-3-19)15-31-17-28-24-11-22(7-8-25(24)31)23-13-29-30-14-23/h2-5,7-8,11,13-14,17-18,21H,6,9-10,15-16H2,1H3,(H,29,30). The van der Waals surface area contributed by atoms with Gasteiger partial charge >= 0.3 is 0 Å². The van der Waals surface area contributed by atoms with Crippen LogP contribution in [0.4, 0.5) is 0 Å². The van der Waals surface area contributed by atoms with Gasteiger partial charge in [0, 0.05) is 37.3 Å². The van der Waals surface area contributed by atoms with Crippen LogP contribution in [0.15, 0.2) is 61.2 Å². The van der Waals surface area contributed by atoms with E-state index < -0.39 is 0 Å². The second kappa shape index (κ2) is 8.91. The van der Waals surface area contributed by atoms with Gasteiger partial charge < -0.3 is 9.47 Å². The molecule has 0 bridgehead atoms. The maximum atomic E-state index is 12.9. The highest BCUT2D eigenvalue weighted by Crippen LogP contribution is 2.28. The molecular weight excluding hydrogens is 412 g/mol. The van der Waals surface area contributed by atoms with Crippen LogP contribution in [-0.2, 0) is 17.8 Å². The number of amides is 1. The molecule has 2 aromatic heterocycles. The molecule has 3 heterocycles. The van der Waals surface area contributed by atoms with Gasteiger partial charge in [-0.3, -0.25) is 9.89 Å². The molecule has 4 aromatic rings. The van der Waals surface area contributed by atoms with E-state index in [0.29, 0.717) is 24.3 Å². The summed E-state index contributed by atoms with van der Waals surface area (Å²) in [6.07, 6.45) is 7.78. The lowest BCUT2D eigenvalue weighted by molar-refractivity contribution is -0.131. The fourth-order valence-corrected chi connectivity index (χ4v) is 4.84. The van der Waals surface area contributed by atoms with Crippen molar-refractivity contribution in [3.05, 3.63) is 72.3 Å². The Labute approximate surface area is 192 Å². The quantitative estimate of drug-likeness (QED) is 0.489. The first-order chi connectivity index (χ1) is 16.1. The Morgan fingerprint density at radius 1 is 1.21 bits per heavy atom. The normalized spacial score (nSPS) is 18.0. The molecule has 2 atom stereocenters.